The number of halogens is 1. The second-order valence-electron chi connectivity index (χ2n) is 8.98. The number of amides is 1. The summed E-state index contributed by atoms with van der Waals surface area (Å²) in [6.45, 7) is 10.3. The topological polar surface area (TPSA) is 113 Å². The van der Waals surface area contributed by atoms with E-state index in [9.17, 15) is 14.4 Å². The van der Waals surface area contributed by atoms with Crippen molar-refractivity contribution in [1.82, 2.24) is 10.3 Å². The molecule has 1 N–H and O–H groups in total. The molecule has 3 atom stereocenters. The summed E-state index contributed by atoms with van der Waals surface area (Å²) in [7, 11) is 1.36. The Labute approximate surface area is 210 Å². The monoisotopic (exact) mass is 506 g/mol. The molecule has 1 aromatic heterocycles. The highest BCUT2D eigenvalue weighted by Gasteiger charge is 2.35. The van der Waals surface area contributed by atoms with Gasteiger partial charge in [-0.05, 0) is 32.0 Å². The van der Waals surface area contributed by atoms with E-state index in [0.717, 1.165) is 0 Å². The molecular formula is C25H31ClN2O7. The summed E-state index contributed by atoms with van der Waals surface area (Å²) in [6, 6.07) is 7.36. The molecule has 190 valence electrons. The van der Waals surface area contributed by atoms with Gasteiger partial charge in [0, 0.05) is 29.6 Å². The molecule has 1 amide bonds. The number of methoxy groups -OCH3 is 1. The third kappa shape index (κ3) is 7.85. The van der Waals surface area contributed by atoms with E-state index in [-0.39, 0.29) is 17.2 Å². The fraction of sp³-hybridized carbons (Fsp3) is 0.440. The maximum Gasteiger partial charge on any atom is 0.328 e. The first-order chi connectivity index (χ1) is 16.3. The van der Waals surface area contributed by atoms with Crippen LogP contribution in [0.5, 0.6) is 17.2 Å². The third-order valence-corrected chi connectivity index (χ3v) is 5.13. The molecule has 35 heavy (non-hydrogen) atoms. The number of pyridine rings is 1. The van der Waals surface area contributed by atoms with Crippen molar-refractivity contribution < 1.29 is 33.3 Å². The van der Waals surface area contributed by atoms with E-state index in [1.807, 2.05) is 20.8 Å². The van der Waals surface area contributed by atoms with Crippen LogP contribution in [0.3, 0.4) is 0 Å². The molecule has 1 aromatic carbocycles. The number of benzene rings is 1. The molecule has 10 heteroatoms. The zero-order valence-corrected chi connectivity index (χ0v) is 21.6. The van der Waals surface area contributed by atoms with Crippen LogP contribution in [0.15, 0.2) is 36.5 Å². The lowest BCUT2D eigenvalue weighted by molar-refractivity contribution is -0.158. The maximum atomic E-state index is 12.8. The van der Waals surface area contributed by atoms with Gasteiger partial charge in [0.25, 0.3) is 5.91 Å². The molecule has 2 aromatic rings. The number of esters is 2. The lowest BCUT2D eigenvalue weighted by Gasteiger charge is -2.35. The zero-order chi connectivity index (χ0) is 26.3. The Morgan fingerprint density at radius 2 is 1.80 bits per heavy atom. The van der Waals surface area contributed by atoms with Crippen LogP contribution in [-0.4, -0.2) is 48.2 Å². The van der Waals surface area contributed by atoms with Crippen LogP contribution >= 0.6 is 11.6 Å². The van der Waals surface area contributed by atoms with Crippen molar-refractivity contribution in [1.29, 1.82) is 0 Å². The molecule has 0 aliphatic heterocycles. The summed E-state index contributed by atoms with van der Waals surface area (Å²) in [6.07, 6.45) is 0.156. The van der Waals surface area contributed by atoms with Gasteiger partial charge in [-0.3, -0.25) is 9.59 Å². The van der Waals surface area contributed by atoms with Gasteiger partial charge >= 0.3 is 11.9 Å². The molecule has 9 nitrogen and oxygen atoms in total. The predicted molar refractivity (Wildman–Crippen MR) is 130 cm³/mol. The lowest BCUT2D eigenvalue weighted by Crippen LogP contribution is -2.47. The van der Waals surface area contributed by atoms with Crippen molar-refractivity contribution in [2.75, 3.05) is 7.11 Å². The number of aromatic nitrogens is 1. The molecule has 0 aliphatic rings. The smallest absolute Gasteiger partial charge is 0.328 e. The first-order valence-corrected chi connectivity index (χ1v) is 11.4. The Balaban J connectivity index is 2.13. The van der Waals surface area contributed by atoms with Gasteiger partial charge in [0.05, 0.1) is 7.11 Å². The highest BCUT2D eigenvalue weighted by Crippen LogP contribution is 2.31. The predicted octanol–water partition coefficient (Wildman–Crippen LogP) is 4.21. The van der Waals surface area contributed by atoms with E-state index in [0.29, 0.717) is 10.8 Å². The SMILES string of the molecule is COc1ccnc(C(=O)N[C@@H](C)C(=O)O[C@@H](C)[C@H](Oc2cccc(Cl)c2)C(C)(C)C)c1OC(C)=O. The quantitative estimate of drug-likeness (QED) is 0.503. The number of ether oxygens (including phenoxy) is 4. The summed E-state index contributed by atoms with van der Waals surface area (Å²) in [5.41, 5.74) is -0.595. The summed E-state index contributed by atoms with van der Waals surface area (Å²) >= 11 is 6.06. The van der Waals surface area contributed by atoms with Crippen molar-refractivity contribution in [2.24, 2.45) is 5.41 Å². The number of hydrogen-bond donors (Lipinski definition) is 1. The Hall–Kier alpha value is -3.33. The number of nitrogens with one attached hydrogen (secondary N) is 1. The Bertz CT molecular complexity index is 1070. The molecule has 0 fully saturated rings. The average Bonchev–Trinajstić information content (AvgIpc) is 2.76. The van der Waals surface area contributed by atoms with Gasteiger partial charge in [0.1, 0.15) is 24.0 Å². The van der Waals surface area contributed by atoms with Crippen molar-refractivity contribution in [2.45, 2.75) is 59.8 Å². The number of nitrogens with zero attached hydrogens (tertiary/aromatic N) is 1. The molecule has 0 saturated carbocycles. The number of carbonyl (C=O) groups is 3. The fourth-order valence-electron chi connectivity index (χ4n) is 3.33. The van der Waals surface area contributed by atoms with Crippen LogP contribution in [0.4, 0.5) is 0 Å². The van der Waals surface area contributed by atoms with Gasteiger partial charge in [-0.15, -0.1) is 0 Å². The Kier molecular flexibility index (Phi) is 9.47. The van der Waals surface area contributed by atoms with E-state index < -0.39 is 41.5 Å². The van der Waals surface area contributed by atoms with Crippen LogP contribution in [0.2, 0.25) is 5.02 Å². The normalized spacial score (nSPS) is 13.7. The molecule has 0 saturated heterocycles. The van der Waals surface area contributed by atoms with Gasteiger partial charge in [0.2, 0.25) is 5.75 Å². The number of hydrogen-bond acceptors (Lipinski definition) is 8. The second-order valence-corrected chi connectivity index (χ2v) is 9.42. The second kappa shape index (κ2) is 11.9. The summed E-state index contributed by atoms with van der Waals surface area (Å²) < 4.78 is 22.0. The van der Waals surface area contributed by atoms with E-state index >= 15 is 0 Å². The van der Waals surface area contributed by atoms with E-state index in [1.165, 1.54) is 33.2 Å². The molecule has 0 aliphatic carbocycles. The minimum atomic E-state index is -1.03. The molecule has 1 heterocycles. The van der Waals surface area contributed by atoms with Gasteiger partial charge in [-0.1, -0.05) is 38.4 Å². The zero-order valence-electron chi connectivity index (χ0n) is 20.9. The largest absolute Gasteiger partial charge is 0.493 e. The minimum absolute atomic E-state index is 0.142. The summed E-state index contributed by atoms with van der Waals surface area (Å²) in [4.78, 5) is 41.1. The van der Waals surface area contributed by atoms with E-state index in [2.05, 4.69) is 10.3 Å². The van der Waals surface area contributed by atoms with Crippen molar-refractivity contribution >= 4 is 29.4 Å². The molecule has 2 rings (SSSR count). The van der Waals surface area contributed by atoms with Gasteiger partial charge in [-0.25, -0.2) is 9.78 Å². The molecular weight excluding hydrogens is 476 g/mol. The molecule has 0 unspecified atom stereocenters. The minimum Gasteiger partial charge on any atom is -0.493 e. The maximum absolute atomic E-state index is 12.8. The first kappa shape index (κ1) is 27.9. The van der Waals surface area contributed by atoms with E-state index in [1.54, 1.807) is 31.2 Å². The number of rotatable bonds is 9. The highest BCUT2D eigenvalue weighted by atomic mass is 35.5. The van der Waals surface area contributed by atoms with Crippen LogP contribution in [0.25, 0.3) is 0 Å². The first-order valence-electron chi connectivity index (χ1n) is 11.0. The fourth-order valence-corrected chi connectivity index (χ4v) is 3.51. The summed E-state index contributed by atoms with van der Waals surface area (Å²) in [5, 5.41) is 3.04. The van der Waals surface area contributed by atoms with Crippen molar-refractivity contribution in [3.63, 3.8) is 0 Å². The Morgan fingerprint density at radius 1 is 1.11 bits per heavy atom. The van der Waals surface area contributed by atoms with Crippen LogP contribution < -0.4 is 19.5 Å². The Morgan fingerprint density at radius 3 is 2.37 bits per heavy atom. The van der Waals surface area contributed by atoms with Crippen molar-refractivity contribution in [3.8, 4) is 17.2 Å². The van der Waals surface area contributed by atoms with Crippen LogP contribution in [-0.2, 0) is 14.3 Å². The molecule has 0 radical (unpaired) electrons. The number of carbonyl (C=O) groups excluding carboxylic acids is 3. The summed E-state index contributed by atoms with van der Waals surface area (Å²) in [5.74, 6) is -1.51. The molecule has 0 spiro atoms. The lowest BCUT2D eigenvalue weighted by atomic mass is 9.86. The van der Waals surface area contributed by atoms with Crippen LogP contribution in [0.1, 0.15) is 52.0 Å². The highest BCUT2D eigenvalue weighted by molar-refractivity contribution is 6.30. The van der Waals surface area contributed by atoms with Crippen LogP contribution in [0, 0.1) is 5.41 Å². The van der Waals surface area contributed by atoms with Gasteiger partial charge < -0.3 is 24.3 Å². The van der Waals surface area contributed by atoms with Gasteiger partial charge in [-0.2, -0.15) is 0 Å². The molecule has 0 bridgehead atoms. The van der Waals surface area contributed by atoms with Gasteiger partial charge in [0.15, 0.2) is 11.4 Å². The standard InChI is InChI=1S/C25H31ClN2O7/c1-14(28-23(30)20-21(34-16(3)29)19(32-7)11-12-27-20)24(31)33-15(2)22(25(4,5)6)35-18-10-8-9-17(26)13-18/h8-15,22H,1-7H3,(H,28,30)/t14-,15-,22-/m0/s1. The van der Waals surface area contributed by atoms with E-state index in [4.69, 9.17) is 30.5 Å². The average molecular weight is 507 g/mol. The third-order valence-electron chi connectivity index (χ3n) is 4.89. The van der Waals surface area contributed by atoms with Crippen molar-refractivity contribution in [3.05, 3.63) is 47.2 Å².